The van der Waals surface area contributed by atoms with Gasteiger partial charge in [-0.25, -0.2) is 8.42 Å². The molecule has 0 atom stereocenters. The Morgan fingerprint density at radius 3 is 2.24 bits per heavy atom. The Morgan fingerprint density at radius 2 is 1.94 bits per heavy atom. The normalized spacial score (nSPS) is 10.5. The first kappa shape index (κ1) is 13.1. The second-order valence-electron chi connectivity index (χ2n) is 3.22. The molecule has 0 aliphatic carbocycles. The lowest BCUT2D eigenvalue weighted by molar-refractivity contribution is -0.638. The molecule has 0 bridgehead atoms. The van der Waals surface area contributed by atoms with Crippen molar-refractivity contribution in [2.24, 2.45) is 0 Å². The largest absolute Gasteiger partial charge is 0.744 e. The van der Waals surface area contributed by atoms with Gasteiger partial charge in [0, 0.05) is 5.10 Å². The van der Waals surface area contributed by atoms with Gasteiger partial charge in [0.25, 0.3) is 6.33 Å². The Kier molecular flexibility index (Phi) is 4.18. The maximum atomic E-state index is 10.4. The highest BCUT2D eigenvalue weighted by molar-refractivity contribution is 7.85. The van der Waals surface area contributed by atoms with Crippen LogP contribution in [0.4, 0.5) is 0 Å². The second kappa shape index (κ2) is 5.41. The van der Waals surface area contributed by atoms with Gasteiger partial charge in [-0.05, 0) is 19.1 Å². The van der Waals surface area contributed by atoms with Gasteiger partial charge in [-0.2, -0.15) is 0 Å². The fourth-order valence-electron chi connectivity index (χ4n) is 0.938. The van der Waals surface area contributed by atoms with Crippen LogP contribution in [-0.4, -0.2) is 23.2 Å². The molecule has 92 valence electrons. The van der Waals surface area contributed by atoms with E-state index in [9.17, 15) is 13.0 Å². The summed E-state index contributed by atoms with van der Waals surface area (Å²) in [5.74, 6) is 5.10. The lowest BCUT2D eigenvalue weighted by atomic mass is 10.2. The molecule has 0 saturated heterocycles. The van der Waals surface area contributed by atoms with E-state index in [4.69, 9.17) is 5.84 Å². The summed E-state index contributed by atoms with van der Waals surface area (Å²) < 4.78 is 32.5. The average Bonchev–Trinajstić information content (AvgIpc) is 2.69. The molecule has 3 N–H and O–H groups in total. The van der Waals surface area contributed by atoms with E-state index in [2.05, 4.69) is 10.2 Å². The molecule has 2 rings (SSSR count). The molecule has 0 radical (unpaired) electrons. The number of hydrogen-bond donors (Lipinski definition) is 2. The molecule has 0 amide bonds. The van der Waals surface area contributed by atoms with Crippen molar-refractivity contribution >= 4 is 10.1 Å². The predicted octanol–water partition coefficient (Wildman–Crippen LogP) is -0.690. The second-order valence-corrected chi connectivity index (χ2v) is 4.60. The Hall–Kier alpha value is -1.93. The molecule has 1 aromatic heterocycles. The van der Waals surface area contributed by atoms with Crippen molar-refractivity contribution in [2.45, 2.75) is 11.8 Å². The van der Waals surface area contributed by atoms with Crippen LogP contribution < -0.4 is 10.5 Å². The number of aromatic amines is 1. The Balaban J connectivity index is 0.000000202. The number of rotatable bonds is 1. The quantitative estimate of drug-likeness (QED) is 0.398. The monoisotopic (exact) mass is 256 g/mol. The number of H-pyrrole nitrogens is 1. The zero-order chi connectivity index (χ0) is 12.9. The topological polar surface area (TPSA) is 116 Å². The molecule has 8 heteroatoms. The molecule has 0 fully saturated rings. The smallest absolute Gasteiger partial charge is 0.286 e. The van der Waals surface area contributed by atoms with Gasteiger partial charge in [-0.1, -0.05) is 17.7 Å². The first-order chi connectivity index (χ1) is 7.89. The highest BCUT2D eigenvalue weighted by atomic mass is 32.2. The minimum absolute atomic E-state index is 0.178. The number of benzene rings is 1. The summed E-state index contributed by atoms with van der Waals surface area (Å²) in [6.45, 7) is 1.82. The maximum absolute atomic E-state index is 10.4. The molecule has 7 nitrogen and oxygen atoms in total. The zero-order valence-electron chi connectivity index (χ0n) is 9.07. The third-order valence-electron chi connectivity index (χ3n) is 1.78. The molecule has 0 aliphatic rings. The highest BCUT2D eigenvalue weighted by Crippen LogP contribution is 2.08. The van der Waals surface area contributed by atoms with Crippen LogP contribution in [0.2, 0.25) is 0 Å². The van der Waals surface area contributed by atoms with E-state index >= 15 is 0 Å². The third kappa shape index (κ3) is 4.62. The van der Waals surface area contributed by atoms with E-state index in [0.29, 0.717) is 0 Å². The Morgan fingerprint density at radius 1 is 1.35 bits per heavy atom. The molecule has 1 heterocycles. The van der Waals surface area contributed by atoms with E-state index in [-0.39, 0.29) is 4.90 Å². The Labute approximate surface area is 98.6 Å². The molecule has 0 spiro atoms. The van der Waals surface area contributed by atoms with Crippen LogP contribution in [0.3, 0.4) is 0 Å². The number of hydrogen-bond acceptors (Lipinski definition) is 5. The zero-order valence-corrected chi connectivity index (χ0v) is 9.89. The minimum atomic E-state index is -4.27. The summed E-state index contributed by atoms with van der Waals surface area (Å²) in [6.07, 6.45) is 3.01. The summed E-state index contributed by atoms with van der Waals surface area (Å²) in [4.78, 5) is -0.178. The number of aryl methyl sites for hydroxylation is 1. The van der Waals surface area contributed by atoms with Gasteiger partial charge in [0.05, 0.1) is 4.90 Å². The van der Waals surface area contributed by atoms with Gasteiger partial charge >= 0.3 is 0 Å². The van der Waals surface area contributed by atoms with Gasteiger partial charge in [0.1, 0.15) is 10.1 Å². The van der Waals surface area contributed by atoms with Crippen molar-refractivity contribution < 1.29 is 17.6 Å². The lowest BCUT2D eigenvalue weighted by Gasteiger charge is -2.05. The molecule has 0 saturated carbocycles. The highest BCUT2D eigenvalue weighted by Gasteiger charge is 1.97. The summed E-state index contributed by atoms with van der Waals surface area (Å²) in [6, 6.07) is 5.78. The SMILES string of the molecule is Cc1ccc(S(=O)(=O)[O-])cc1.N[n+]1cn[nH]c1. The average molecular weight is 256 g/mol. The van der Waals surface area contributed by atoms with E-state index < -0.39 is 10.1 Å². The minimum Gasteiger partial charge on any atom is -0.744 e. The summed E-state index contributed by atoms with van der Waals surface area (Å²) in [5, 5.41) is 6.05. The van der Waals surface area contributed by atoms with Crippen LogP contribution in [0.15, 0.2) is 41.8 Å². The number of nitrogen functional groups attached to an aromatic ring is 1. The number of nitrogens with zero attached hydrogens (tertiary/aromatic N) is 2. The van der Waals surface area contributed by atoms with Crippen LogP contribution in [0.1, 0.15) is 5.56 Å². The van der Waals surface area contributed by atoms with Crippen molar-refractivity contribution in [1.29, 1.82) is 0 Å². The molecule has 0 aliphatic heterocycles. The van der Waals surface area contributed by atoms with Gasteiger partial charge in [-0.3, -0.25) is 5.84 Å². The van der Waals surface area contributed by atoms with E-state index in [0.717, 1.165) is 5.56 Å². The summed E-state index contributed by atoms with van der Waals surface area (Å²) >= 11 is 0. The van der Waals surface area contributed by atoms with Crippen LogP contribution >= 0.6 is 0 Å². The van der Waals surface area contributed by atoms with Crippen LogP contribution in [-0.2, 0) is 10.1 Å². The number of aromatic nitrogens is 3. The molecule has 0 unspecified atom stereocenters. The molecule has 1 aromatic carbocycles. The predicted molar refractivity (Wildman–Crippen MR) is 58.1 cm³/mol. The number of nitrogens with one attached hydrogen (secondary N) is 1. The fourth-order valence-corrected chi connectivity index (χ4v) is 1.41. The van der Waals surface area contributed by atoms with Gasteiger partial charge in [0.15, 0.2) is 0 Å². The standard InChI is InChI=1S/C7H8O3S.C2H4N4/c1-6-2-4-7(5-3-6)11(8,9)10;3-6-1-4-5-2-6/h2-5H,1H3,(H,8,9,10);1-2H,3H2. The van der Waals surface area contributed by atoms with Crippen molar-refractivity contribution in [2.75, 3.05) is 5.84 Å². The van der Waals surface area contributed by atoms with Gasteiger partial charge in [-0.15, -0.1) is 9.77 Å². The molecule has 17 heavy (non-hydrogen) atoms. The van der Waals surface area contributed by atoms with Crippen LogP contribution in [0.25, 0.3) is 0 Å². The van der Waals surface area contributed by atoms with Crippen LogP contribution in [0, 0.1) is 6.92 Å². The van der Waals surface area contributed by atoms with Crippen LogP contribution in [0.5, 0.6) is 0 Å². The number of nitrogens with two attached hydrogens (primary N) is 1. The lowest BCUT2D eigenvalue weighted by Crippen LogP contribution is -2.41. The van der Waals surface area contributed by atoms with E-state index in [1.807, 2.05) is 6.92 Å². The Bertz CT molecular complexity index is 548. The van der Waals surface area contributed by atoms with Gasteiger partial charge in [0.2, 0.25) is 6.33 Å². The fraction of sp³-hybridized carbons (Fsp3) is 0.111. The third-order valence-corrected chi connectivity index (χ3v) is 2.63. The molecular formula is C9H12N4O3S. The van der Waals surface area contributed by atoms with Crippen molar-refractivity contribution in [1.82, 2.24) is 10.2 Å². The molecule has 2 aromatic rings. The van der Waals surface area contributed by atoms with E-state index in [1.54, 1.807) is 18.5 Å². The van der Waals surface area contributed by atoms with Gasteiger partial charge < -0.3 is 4.55 Å². The molecular weight excluding hydrogens is 244 g/mol. The van der Waals surface area contributed by atoms with Crippen molar-refractivity contribution in [3.05, 3.63) is 42.5 Å². The van der Waals surface area contributed by atoms with Crippen molar-refractivity contribution in [3.63, 3.8) is 0 Å². The van der Waals surface area contributed by atoms with Crippen molar-refractivity contribution in [3.8, 4) is 0 Å². The summed E-state index contributed by atoms with van der Waals surface area (Å²) in [7, 11) is -4.27. The maximum Gasteiger partial charge on any atom is 0.286 e. The summed E-state index contributed by atoms with van der Waals surface area (Å²) in [5.41, 5.74) is 0.928. The first-order valence-electron chi connectivity index (χ1n) is 4.57. The van der Waals surface area contributed by atoms with E-state index in [1.165, 1.54) is 23.1 Å². The first-order valence-corrected chi connectivity index (χ1v) is 5.98.